The minimum atomic E-state index is -1.06. The molecule has 0 heterocycles. The molecule has 0 saturated heterocycles. The Bertz CT molecular complexity index is 647. The van der Waals surface area contributed by atoms with E-state index >= 15 is 0 Å². The van der Waals surface area contributed by atoms with Crippen LogP contribution in [-0.2, 0) is 0 Å². The van der Waals surface area contributed by atoms with Gasteiger partial charge >= 0.3 is 0 Å². The van der Waals surface area contributed by atoms with Gasteiger partial charge in [-0.15, -0.1) is 0 Å². The van der Waals surface area contributed by atoms with Crippen molar-refractivity contribution in [1.29, 1.82) is 0 Å². The van der Waals surface area contributed by atoms with Crippen LogP contribution in [-0.4, -0.2) is 0 Å². The maximum Gasteiger partial charge on any atom is 0.164 e. The molecule has 2 nitrogen and oxygen atoms in total. The van der Waals surface area contributed by atoms with E-state index in [1.165, 1.54) is 31.2 Å². The van der Waals surface area contributed by atoms with Crippen LogP contribution in [0.3, 0.4) is 0 Å². The average Bonchev–Trinajstić information content (AvgIpc) is 2.43. The van der Waals surface area contributed by atoms with Gasteiger partial charge in [0.05, 0.1) is 6.04 Å². The molecular formula is C14H12ClF3N2. The summed E-state index contributed by atoms with van der Waals surface area (Å²) in [6.45, 7) is 1.44. The van der Waals surface area contributed by atoms with Crippen molar-refractivity contribution in [3.05, 3.63) is 69.5 Å². The number of nitrogens with two attached hydrogens (primary N) is 1. The number of hydrogen-bond donors (Lipinski definition) is 2. The fourth-order valence-corrected chi connectivity index (χ4v) is 2.15. The second-order valence-corrected chi connectivity index (χ2v) is 4.80. The first-order chi connectivity index (χ1) is 9.45. The molecule has 0 aliphatic rings. The Morgan fingerprint density at radius 2 is 1.75 bits per heavy atom. The lowest BCUT2D eigenvalue weighted by Gasteiger charge is -2.19. The normalized spacial score (nSPS) is 12.5. The van der Waals surface area contributed by atoms with E-state index in [9.17, 15) is 13.2 Å². The monoisotopic (exact) mass is 300 g/mol. The standard InChI is InChI=1S/C14H12ClF3N2/c1-7-2-4-9(13(18)12(7)17)14(20-19)10-6-8(15)3-5-11(10)16/h2-6,14,20H,19H2,1H3. The molecule has 0 saturated carbocycles. The molecule has 0 bridgehead atoms. The lowest BCUT2D eigenvalue weighted by molar-refractivity contribution is 0.473. The molecule has 1 unspecified atom stereocenters. The molecule has 0 aromatic heterocycles. The molecule has 0 fully saturated rings. The predicted molar refractivity (Wildman–Crippen MR) is 71.7 cm³/mol. The van der Waals surface area contributed by atoms with Gasteiger partial charge in [-0.2, -0.15) is 0 Å². The quantitative estimate of drug-likeness (QED) is 0.671. The second-order valence-electron chi connectivity index (χ2n) is 4.37. The summed E-state index contributed by atoms with van der Waals surface area (Å²) >= 11 is 5.80. The fraction of sp³-hybridized carbons (Fsp3) is 0.143. The van der Waals surface area contributed by atoms with Gasteiger partial charge in [-0.25, -0.2) is 18.6 Å². The third-order valence-corrected chi connectivity index (χ3v) is 3.29. The number of halogens is 4. The van der Waals surface area contributed by atoms with Crippen LogP contribution >= 0.6 is 11.6 Å². The maximum absolute atomic E-state index is 14.0. The zero-order chi connectivity index (χ0) is 14.9. The Balaban J connectivity index is 2.58. The molecule has 0 spiro atoms. The van der Waals surface area contributed by atoms with Crippen molar-refractivity contribution in [2.75, 3.05) is 0 Å². The van der Waals surface area contributed by atoms with Crippen LogP contribution in [0.1, 0.15) is 22.7 Å². The minimum Gasteiger partial charge on any atom is -0.271 e. The minimum absolute atomic E-state index is 0.0437. The third kappa shape index (κ3) is 2.65. The first-order valence-corrected chi connectivity index (χ1v) is 6.19. The van der Waals surface area contributed by atoms with Gasteiger partial charge in [0.2, 0.25) is 0 Å². The average molecular weight is 301 g/mol. The van der Waals surface area contributed by atoms with Gasteiger partial charge in [0, 0.05) is 16.1 Å². The van der Waals surface area contributed by atoms with Crippen LogP contribution in [0.4, 0.5) is 13.2 Å². The summed E-state index contributed by atoms with van der Waals surface area (Å²) in [5.41, 5.74) is 2.40. The van der Waals surface area contributed by atoms with Crippen molar-refractivity contribution in [1.82, 2.24) is 5.43 Å². The molecule has 2 aromatic carbocycles. The van der Waals surface area contributed by atoms with Crippen LogP contribution in [0.5, 0.6) is 0 Å². The van der Waals surface area contributed by atoms with E-state index in [2.05, 4.69) is 5.43 Å². The van der Waals surface area contributed by atoms with Crippen LogP contribution in [0.25, 0.3) is 0 Å². The van der Waals surface area contributed by atoms with Gasteiger partial charge in [-0.05, 0) is 30.7 Å². The molecule has 2 aromatic rings. The van der Waals surface area contributed by atoms with Crippen molar-refractivity contribution in [3.8, 4) is 0 Å². The van der Waals surface area contributed by atoms with Gasteiger partial charge in [-0.1, -0.05) is 23.7 Å². The van der Waals surface area contributed by atoms with E-state index in [0.29, 0.717) is 0 Å². The molecule has 2 rings (SSSR count). The van der Waals surface area contributed by atoms with Crippen molar-refractivity contribution in [2.45, 2.75) is 13.0 Å². The molecular weight excluding hydrogens is 289 g/mol. The van der Waals surface area contributed by atoms with E-state index < -0.39 is 23.5 Å². The second kappa shape index (κ2) is 5.83. The van der Waals surface area contributed by atoms with Gasteiger partial charge in [0.25, 0.3) is 0 Å². The topological polar surface area (TPSA) is 38.0 Å². The number of benzene rings is 2. The molecule has 1 atom stereocenters. The highest BCUT2D eigenvalue weighted by molar-refractivity contribution is 6.30. The van der Waals surface area contributed by atoms with Crippen molar-refractivity contribution in [3.63, 3.8) is 0 Å². The summed E-state index contributed by atoms with van der Waals surface area (Å²) < 4.78 is 41.4. The first-order valence-electron chi connectivity index (χ1n) is 5.81. The SMILES string of the molecule is Cc1ccc(C(NN)c2cc(Cl)ccc2F)c(F)c1F. The molecule has 0 aliphatic carbocycles. The van der Waals surface area contributed by atoms with Crippen molar-refractivity contribution in [2.24, 2.45) is 5.84 Å². The summed E-state index contributed by atoms with van der Waals surface area (Å²) in [7, 11) is 0. The maximum atomic E-state index is 14.0. The van der Waals surface area contributed by atoms with E-state index in [0.717, 1.165) is 6.07 Å². The van der Waals surface area contributed by atoms with E-state index in [1.807, 2.05) is 0 Å². The molecule has 0 aliphatic heterocycles. The Labute approximate surface area is 119 Å². The predicted octanol–water partition coefficient (Wildman–Crippen LogP) is 3.62. The van der Waals surface area contributed by atoms with E-state index in [-0.39, 0.29) is 21.7 Å². The van der Waals surface area contributed by atoms with Gasteiger partial charge in [-0.3, -0.25) is 5.84 Å². The number of hydrogen-bond acceptors (Lipinski definition) is 2. The largest absolute Gasteiger partial charge is 0.271 e. The fourth-order valence-electron chi connectivity index (χ4n) is 1.97. The molecule has 20 heavy (non-hydrogen) atoms. The Hall–Kier alpha value is -1.56. The summed E-state index contributed by atoms with van der Waals surface area (Å²) in [6, 6.07) is 5.55. The number of aryl methyl sites for hydroxylation is 1. The highest BCUT2D eigenvalue weighted by Gasteiger charge is 2.23. The van der Waals surface area contributed by atoms with Crippen LogP contribution < -0.4 is 11.3 Å². The highest BCUT2D eigenvalue weighted by Crippen LogP contribution is 2.29. The summed E-state index contributed by atoms with van der Waals surface area (Å²) in [6.07, 6.45) is 0. The van der Waals surface area contributed by atoms with Crippen LogP contribution in [0, 0.1) is 24.4 Å². The number of hydrazine groups is 1. The Morgan fingerprint density at radius 1 is 1.05 bits per heavy atom. The van der Waals surface area contributed by atoms with Gasteiger partial charge in [0.15, 0.2) is 11.6 Å². The van der Waals surface area contributed by atoms with Crippen LogP contribution in [0.15, 0.2) is 30.3 Å². The van der Waals surface area contributed by atoms with Crippen molar-refractivity contribution < 1.29 is 13.2 Å². The third-order valence-electron chi connectivity index (χ3n) is 3.05. The molecule has 106 valence electrons. The molecule has 0 amide bonds. The molecule has 6 heteroatoms. The highest BCUT2D eigenvalue weighted by atomic mass is 35.5. The number of rotatable bonds is 3. The first kappa shape index (κ1) is 14.8. The number of nitrogens with one attached hydrogen (secondary N) is 1. The Morgan fingerprint density at radius 3 is 2.40 bits per heavy atom. The summed E-state index contributed by atoms with van der Waals surface area (Å²) in [5, 5.41) is 0.273. The van der Waals surface area contributed by atoms with Gasteiger partial charge in [0.1, 0.15) is 5.82 Å². The van der Waals surface area contributed by atoms with Crippen molar-refractivity contribution >= 4 is 11.6 Å². The van der Waals surface area contributed by atoms with Crippen LogP contribution in [0.2, 0.25) is 5.02 Å². The zero-order valence-corrected chi connectivity index (χ0v) is 11.3. The zero-order valence-electron chi connectivity index (χ0n) is 10.6. The Kier molecular flexibility index (Phi) is 4.32. The van der Waals surface area contributed by atoms with E-state index in [4.69, 9.17) is 17.4 Å². The lowest BCUT2D eigenvalue weighted by Crippen LogP contribution is -2.30. The smallest absolute Gasteiger partial charge is 0.164 e. The van der Waals surface area contributed by atoms with Gasteiger partial charge < -0.3 is 0 Å². The summed E-state index contributed by atoms with van der Waals surface area (Å²) in [4.78, 5) is 0. The summed E-state index contributed by atoms with van der Waals surface area (Å²) in [5.74, 6) is 2.71. The van der Waals surface area contributed by atoms with E-state index in [1.54, 1.807) is 0 Å². The molecule has 0 radical (unpaired) electrons. The lowest BCUT2D eigenvalue weighted by atomic mass is 9.97. The molecule has 3 N–H and O–H groups in total.